The standard InChI is InChI=1S/C17H18FN3OS/c1-2-21-8-7-12-13(9-21)23-17-14(12)16(22)19-15(20-17)10-3-5-11(18)6-4-10/h3-6,15,20H,2,7-9H2,1H3,(H,19,22)/t15-/m1/s1. The Hall–Kier alpha value is -1.92. The Morgan fingerprint density at radius 3 is 2.83 bits per heavy atom. The lowest BCUT2D eigenvalue weighted by Crippen LogP contribution is -2.38. The molecule has 23 heavy (non-hydrogen) atoms. The van der Waals surface area contributed by atoms with Crippen molar-refractivity contribution in [2.45, 2.75) is 26.1 Å². The number of likely N-dealkylation sites (N-methyl/N-ethyl adjacent to an activating group) is 1. The molecule has 0 saturated heterocycles. The molecule has 0 saturated carbocycles. The van der Waals surface area contributed by atoms with Crippen molar-refractivity contribution < 1.29 is 9.18 Å². The number of carbonyl (C=O) groups excluding carboxylic acids is 1. The molecule has 1 aromatic heterocycles. The van der Waals surface area contributed by atoms with Gasteiger partial charge in [0.15, 0.2) is 0 Å². The van der Waals surface area contributed by atoms with Gasteiger partial charge < -0.3 is 10.6 Å². The minimum atomic E-state index is -0.307. The molecule has 0 bridgehead atoms. The maximum Gasteiger partial charge on any atom is 0.256 e. The van der Waals surface area contributed by atoms with Crippen molar-refractivity contribution >= 4 is 22.2 Å². The summed E-state index contributed by atoms with van der Waals surface area (Å²) < 4.78 is 13.1. The van der Waals surface area contributed by atoms with Crippen molar-refractivity contribution in [3.05, 3.63) is 51.7 Å². The van der Waals surface area contributed by atoms with Crippen molar-refractivity contribution in [3.8, 4) is 0 Å². The number of fused-ring (bicyclic) bond motifs is 3. The van der Waals surface area contributed by atoms with E-state index in [1.54, 1.807) is 23.5 Å². The van der Waals surface area contributed by atoms with Crippen LogP contribution in [0.4, 0.5) is 9.39 Å². The Morgan fingerprint density at radius 2 is 2.09 bits per heavy atom. The predicted octanol–water partition coefficient (Wildman–Crippen LogP) is 3.12. The smallest absolute Gasteiger partial charge is 0.256 e. The van der Waals surface area contributed by atoms with Crippen molar-refractivity contribution in [3.63, 3.8) is 0 Å². The van der Waals surface area contributed by atoms with Gasteiger partial charge in [0.25, 0.3) is 5.91 Å². The molecule has 3 heterocycles. The quantitative estimate of drug-likeness (QED) is 0.889. The average Bonchev–Trinajstić information content (AvgIpc) is 2.93. The van der Waals surface area contributed by atoms with Crippen LogP contribution in [0.25, 0.3) is 0 Å². The zero-order chi connectivity index (χ0) is 16.0. The van der Waals surface area contributed by atoms with E-state index in [0.29, 0.717) is 0 Å². The topological polar surface area (TPSA) is 44.4 Å². The summed E-state index contributed by atoms with van der Waals surface area (Å²) >= 11 is 1.67. The van der Waals surface area contributed by atoms with Gasteiger partial charge in [0.05, 0.1) is 5.56 Å². The Morgan fingerprint density at radius 1 is 1.30 bits per heavy atom. The highest BCUT2D eigenvalue weighted by Crippen LogP contribution is 2.40. The number of benzene rings is 1. The molecule has 120 valence electrons. The van der Waals surface area contributed by atoms with E-state index in [4.69, 9.17) is 0 Å². The number of halogens is 1. The highest BCUT2D eigenvalue weighted by molar-refractivity contribution is 7.16. The van der Waals surface area contributed by atoms with E-state index in [1.807, 2.05) is 0 Å². The third-order valence-corrected chi connectivity index (χ3v) is 5.71. The van der Waals surface area contributed by atoms with Crippen LogP contribution < -0.4 is 10.6 Å². The van der Waals surface area contributed by atoms with Crippen LogP contribution in [0.3, 0.4) is 0 Å². The average molecular weight is 331 g/mol. The lowest BCUT2D eigenvalue weighted by Gasteiger charge is -2.28. The second kappa shape index (κ2) is 5.62. The molecule has 2 aliphatic rings. The number of hydrogen-bond acceptors (Lipinski definition) is 4. The molecular formula is C17H18FN3OS. The first kappa shape index (κ1) is 14.7. The Balaban J connectivity index is 1.66. The normalized spacial score (nSPS) is 20.4. The fourth-order valence-corrected chi connectivity index (χ4v) is 4.58. The minimum Gasteiger partial charge on any atom is -0.353 e. The summed E-state index contributed by atoms with van der Waals surface area (Å²) in [6.07, 6.45) is 0.615. The fourth-order valence-electron chi connectivity index (χ4n) is 3.26. The summed E-state index contributed by atoms with van der Waals surface area (Å²) in [7, 11) is 0. The highest BCUT2D eigenvalue weighted by Gasteiger charge is 2.33. The third-order valence-electron chi connectivity index (χ3n) is 4.56. The molecule has 0 spiro atoms. The molecule has 0 radical (unpaired) electrons. The molecule has 1 aromatic carbocycles. The molecule has 2 aliphatic heterocycles. The Labute approximate surface area is 138 Å². The maximum absolute atomic E-state index is 13.1. The minimum absolute atomic E-state index is 0.0319. The van der Waals surface area contributed by atoms with E-state index in [2.05, 4.69) is 22.5 Å². The van der Waals surface area contributed by atoms with Crippen LogP contribution in [0.2, 0.25) is 0 Å². The molecule has 0 aliphatic carbocycles. The van der Waals surface area contributed by atoms with Gasteiger partial charge in [-0.25, -0.2) is 4.39 Å². The van der Waals surface area contributed by atoms with Gasteiger partial charge in [-0.15, -0.1) is 11.3 Å². The summed E-state index contributed by atoms with van der Waals surface area (Å²) in [6, 6.07) is 6.23. The monoisotopic (exact) mass is 331 g/mol. The first-order valence-electron chi connectivity index (χ1n) is 7.85. The maximum atomic E-state index is 13.1. The molecule has 2 aromatic rings. The molecule has 1 atom stereocenters. The molecule has 2 N–H and O–H groups in total. The zero-order valence-electron chi connectivity index (χ0n) is 12.9. The van der Waals surface area contributed by atoms with Crippen molar-refractivity contribution in [2.75, 3.05) is 18.4 Å². The first-order valence-corrected chi connectivity index (χ1v) is 8.67. The van der Waals surface area contributed by atoms with Crippen molar-refractivity contribution in [2.24, 2.45) is 0 Å². The summed E-state index contributed by atoms with van der Waals surface area (Å²) in [5, 5.41) is 7.33. The summed E-state index contributed by atoms with van der Waals surface area (Å²) in [5.41, 5.74) is 2.85. The number of nitrogens with one attached hydrogen (secondary N) is 2. The molecular weight excluding hydrogens is 313 g/mol. The lowest BCUT2D eigenvalue weighted by atomic mass is 10.0. The number of hydrogen-bond donors (Lipinski definition) is 2. The molecule has 6 heteroatoms. The molecule has 4 nitrogen and oxygen atoms in total. The van der Waals surface area contributed by atoms with Gasteiger partial charge in [0.1, 0.15) is 17.0 Å². The van der Waals surface area contributed by atoms with E-state index < -0.39 is 0 Å². The second-order valence-electron chi connectivity index (χ2n) is 5.93. The first-order chi connectivity index (χ1) is 11.2. The van der Waals surface area contributed by atoms with Gasteiger partial charge in [-0.2, -0.15) is 0 Å². The number of nitrogens with zero attached hydrogens (tertiary/aromatic N) is 1. The number of amides is 1. The van der Waals surface area contributed by atoms with E-state index in [1.165, 1.54) is 22.6 Å². The van der Waals surface area contributed by atoms with Crippen LogP contribution in [-0.4, -0.2) is 23.9 Å². The number of rotatable bonds is 2. The van der Waals surface area contributed by atoms with Crippen LogP contribution in [0, 0.1) is 5.82 Å². The molecule has 4 rings (SSSR count). The van der Waals surface area contributed by atoms with Crippen LogP contribution in [0.1, 0.15) is 39.5 Å². The van der Waals surface area contributed by atoms with Gasteiger partial charge in [-0.3, -0.25) is 9.69 Å². The predicted molar refractivity (Wildman–Crippen MR) is 89.2 cm³/mol. The summed E-state index contributed by atoms with van der Waals surface area (Å²) in [4.78, 5) is 16.3. The van der Waals surface area contributed by atoms with Gasteiger partial charge in [-0.1, -0.05) is 19.1 Å². The van der Waals surface area contributed by atoms with E-state index >= 15 is 0 Å². The zero-order valence-corrected chi connectivity index (χ0v) is 13.7. The van der Waals surface area contributed by atoms with Crippen LogP contribution in [0.15, 0.2) is 24.3 Å². The summed E-state index contributed by atoms with van der Waals surface area (Å²) in [5.74, 6) is -0.307. The molecule has 0 fully saturated rings. The van der Waals surface area contributed by atoms with Gasteiger partial charge in [0, 0.05) is 18.0 Å². The SMILES string of the molecule is CCN1CCc2c(sc3c2C(=O)N[C@@H](c2ccc(F)cc2)N3)C1. The number of anilines is 1. The van der Waals surface area contributed by atoms with E-state index in [9.17, 15) is 9.18 Å². The lowest BCUT2D eigenvalue weighted by molar-refractivity contribution is 0.0934. The fraction of sp³-hybridized carbons (Fsp3) is 0.353. The Kier molecular flexibility index (Phi) is 3.58. The number of thiophene rings is 1. The summed E-state index contributed by atoms with van der Waals surface area (Å²) in [6.45, 7) is 5.11. The van der Waals surface area contributed by atoms with Crippen molar-refractivity contribution in [1.29, 1.82) is 0 Å². The van der Waals surface area contributed by atoms with Crippen LogP contribution in [0.5, 0.6) is 0 Å². The van der Waals surface area contributed by atoms with Gasteiger partial charge >= 0.3 is 0 Å². The van der Waals surface area contributed by atoms with Crippen LogP contribution >= 0.6 is 11.3 Å². The molecule has 1 amide bonds. The third kappa shape index (κ3) is 2.52. The second-order valence-corrected chi connectivity index (χ2v) is 7.03. The highest BCUT2D eigenvalue weighted by atomic mass is 32.1. The van der Waals surface area contributed by atoms with Gasteiger partial charge in [0.2, 0.25) is 0 Å². The van der Waals surface area contributed by atoms with E-state index in [0.717, 1.165) is 42.2 Å². The largest absolute Gasteiger partial charge is 0.353 e. The van der Waals surface area contributed by atoms with Crippen molar-refractivity contribution in [1.82, 2.24) is 10.2 Å². The molecule has 0 unspecified atom stereocenters. The van der Waals surface area contributed by atoms with Crippen LogP contribution in [-0.2, 0) is 13.0 Å². The van der Waals surface area contributed by atoms with E-state index in [-0.39, 0.29) is 17.9 Å². The number of carbonyl (C=O) groups is 1. The van der Waals surface area contributed by atoms with Gasteiger partial charge in [-0.05, 0) is 36.2 Å². The Bertz CT molecular complexity index is 756.